The van der Waals surface area contributed by atoms with E-state index < -0.39 is 0 Å². The molecule has 16 heavy (non-hydrogen) atoms. The van der Waals surface area contributed by atoms with E-state index in [-0.39, 0.29) is 0 Å². The highest BCUT2D eigenvalue weighted by molar-refractivity contribution is 7.07. The second-order valence-electron chi connectivity index (χ2n) is 3.67. The highest BCUT2D eigenvalue weighted by Gasteiger charge is 2.00. The monoisotopic (exact) mass is 233 g/mol. The average molecular weight is 233 g/mol. The van der Waals surface area contributed by atoms with Gasteiger partial charge < -0.3 is 10.1 Å². The average Bonchev–Trinajstić information content (AvgIpc) is 2.81. The molecule has 0 aliphatic rings. The van der Waals surface area contributed by atoms with Gasteiger partial charge in [-0.3, -0.25) is 0 Å². The number of anilines is 1. The van der Waals surface area contributed by atoms with Crippen molar-refractivity contribution in [2.75, 3.05) is 12.4 Å². The molecule has 3 heteroatoms. The molecule has 0 spiro atoms. The summed E-state index contributed by atoms with van der Waals surface area (Å²) < 4.78 is 5.21. The summed E-state index contributed by atoms with van der Waals surface area (Å²) in [5.41, 5.74) is 3.67. The van der Waals surface area contributed by atoms with E-state index in [0.717, 1.165) is 18.0 Å². The first kappa shape index (κ1) is 11.0. The van der Waals surface area contributed by atoms with Crippen LogP contribution in [0.15, 0.2) is 35.0 Å². The topological polar surface area (TPSA) is 21.3 Å². The van der Waals surface area contributed by atoms with E-state index in [9.17, 15) is 0 Å². The Morgan fingerprint density at radius 2 is 2.19 bits per heavy atom. The summed E-state index contributed by atoms with van der Waals surface area (Å²) in [7, 11) is 1.69. The van der Waals surface area contributed by atoms with E-state index in [2.05, 4.69) is 35.1 Å². The van der Waals surface area contributed by atoms with Crippen LogP contribution in [0.3, 0.4) is 0 Å². The molecule has 0 radical (unpaired) electrons. The van der Waals surface area contributed by atoms with Gasteiger partial charge in [-0.1, -0.05) is 6.07 Å². The summed E-state index contributed by atoms with van der Waals surface area (Å²) in [6.07, 6.45) is 0. The summed E-state index contributed by atoms with van der Waals surface area (Å²) in [4.78, 5) is 0. The molecular formula is C13H15NOS. The van der Waals surface area contributed by atoms with E-state index >= 15 is 0 Å². The van der Waals surface area contributed by atoms with Crippen LogP contribution in [0.1, 0.15) is 11.1 Å². The Kier molecular flexibility index (Phi) is 3.47. The fraction of sp³-hybridized carbons (Fsp3) is 0.231. The summed E-state index contributed by atoms with van der Waals surface area (Å²) >= 11 is 1.72. The molecule has 2 rings (SSSR count). The number of hydrogen-bond donors (Lipinski definition) is 1. The molecular weight excluding hydrogens is 218 g/mol. The smallest absolute Gasteiger partial charge is 0.120 e. The molecule has 2 nitrogen and oxygen atoms in total. The SMILES string of the molecule is COc1ccc(C)c(NCc2ccsc2)c1. The van der Waals surface area contributed by atoms with Gasteiger partial charge in [-0.25, -0.2) is 0 Å². The molecule has 0 unspecified atom stereocenters. The van der Waals surface area contributed by atoms with Crippen LogP contribution in [0.25, 0.3) is 0 Å². The van der Waals surface area contributed by atoms with Crippen LogP contribution < -0.4 is 10.1 Å². The highest BCUT2D eigenvalue weighted by Crippen LogP contribution is 2.22. The fourth-order valence-corrected chi connectivity index (χ4v) is 2.18. The lowest BCUT2D eigenvalue weighted by Gasteiger charge is -2.10. The van der Waals surface area contributed by atoms with Gasteiger partial charge in [-0.05, 0) is 40.9 Å². The number of methoxy groups -OCH3 is 1. The highest BCUT2D eigenvalue weighted by atomic mass is 32.1. The molecule has 0 aliphatic heterocycles. The van der Waals surface area contributed by atoms with Crippen LogP contribution in [0.5, 0.6) is 5.75 Å². The molecule has 1 N–H and O–H groups in total. The molecule has 1 aromatic heterocycles. The molecule has 1 heterocycles. The maximum absolute atomic E-state index is 5.21. The van der Waals surface area contributed by atoms with Crippen molar-refractivity contribution < 1.29 is 4.74 Å². The van der Waals surface area contributed by atoms with Crippen molar-refractivity contribution in [1.29, 1.82) is 0 Å². The van der Waals surface area contributed by atoms with E-state index in [0.29, 0.717) is 0 Å². The summed E-state index contributed by atoms with van der Waals surface area (Å²) in [6, 6.07) is 8.20. The molecule has 0 fully saturated rings. The lowest BCUT2D eigenvalue weighted by atomic mass is 10.2. The van der Waals surface area contributed by atoms with Crippen molar-refractivity contribution in [2.24, 2.45) is 0 Å². The lowest BCUT2D eigenvalue weighted by Crippen LogP contribution is -2.00. The van der Waals surface area contributed by atoms with E-state index in [1.54, 1.807) is 18.4 Å². The third-order valence-corrected chi connectivity index (χ3v) is 3.24. The van der Waals surface area contributed by atoms with Gasteiger partial charge in [0, 0.05) is 18.3 Å². The zero-order chi connectivity index (χ0) is 11.4. The third kappa shape index (κ3) is 2.55. The maximum Gasteiger partial charge on any atom is 0.120 e. The van der Waals surface area contributed by atoms with Crippen molar-refractivity contribution in [3.05, 3.63) is 46.2 Å². The zero-order valence-electron chi connectivity index (χ0n) is 9.49. The normalized spacial score (nSPS) is 10.1. The maximum atomic E-state index is 5.21. The standard InChI is InChI=1S/C13H15NOS/c1-10-3-4-12(15-2)7-13(10)14-8-11-5-6-16-9-11/h3-7,9,14H,8H2,1-2H3. The van der Waals surface area contributed by atoms with Crippen LogP contribution in [0.2, 0.25) is 0 Å². The van der Waals surface area contributed by atoms with Gasteiger partial charge in [0.15, 0.2) is 0 Å². The zero-order valence-corrected chi connectivity index (χ0v) is 10.3. The number of hydrogen-bond acceptors (Lipinski definition) is 3. The van der Waals surface area contributed by atoms with Crippen LogP contribution in [0, 0.1) is 6.92 Å². The molecule has 0 bridgehead atoms. The summed E-state index contributed by atoms with van der Waals surface area (Å²) in [5.74, 6) is 0.887. The van der Waals surface area contributed by atoms with Crippen molar-refractivity contribution in [3.63, 3.8) is 0 Å². The molecule has 0 aliphatic carbocycles. The largest absolute Gasteiger partial charge is 0.497 e. The Morgan fingerprint density at radius 3 is 2.88 bits per heavy atom. The minimum atomic E-state index is 0.859. The van der Waals surface area contributed by atoms with Crippen molar-refractivity contribution in [1.82, 2.24) is 0 Å². The predicted octanol–water partition coefficient (Wildman–Crippen LogP) is 3.68. The minimum absolute atomic E-state index is 0.859. The van der Waals surface area contributed by atoms with E-state index in [1.165, 1.54) is 11.1 Å². The van der Waals surface area contributed by atoms with E-state index in [1.807, 2.05) is 12.1 Å². The third-order valence-electron chi connectivity index (χ3n) is 2.51. The van der Waals surface area contributed by atoms with Crippen LogP contribution >= 0.6 is 11.3 Å². The molecule has 0 saturated heterocycles. The molecule has 1 aromatic carbocycles. The van der Waals surface area contributed by atoms with Crippen molar-refractivity contribution >= 4 is 17.0 Å². The molecule has 0 atom stereocenters. The van der Waals surface area contributed by atoms with Gasteiger partial charge in [0.1, 0.15) is 5.75 Å². The Hall–Kier alpha value is -1.48. The van der Waals surface area contributed by atoms with Gasteiger partial charge in [0.25, 0.3) is 0 Å². The number of benzene rings is 1. The van der Waals surface area contributed by atoms with Gasteiger partial charge >= 0.3 is 0 Å². The number of nitrogens with one attached hydrogen (secondary N) is 1. The van der Waals surface area contributed by atoms with Gasteiger partial charge in [0.2, 0.25) is 0 Å². The quantitative estimate of drug-likeness (QED) is 0.869. The number of ether oxygens (including phenoxy) is 1. The van der Waals surface area contributed by atoms with Crippen LogP contribution in [-0.2, 0) is 6.54 Å². The molecule has 0 amide bonds. The second-order valence-corrected chi connectivity index (χ2v) is 4.45. The molecule has 84 valence electrons. The second kappa shape index (κ2) is 5.03. The van der Waals surface area contributed by atoms with Crippen molar-refractivity contribution in [2.45, 2.75) is 13.5 Å². The number of thiophene rings is 1. The van der Waals surface area contributed by atoms with E-state index in [4.69, 9.17) is 4.74 Å². The number of rotatable bonds is 4. The van der Waals surface area contributed by atoms with Gasteiger partial charge in [-0.2, -0.15) is 11.3 Å². The van der Waals surface area contributed by atoms with Crippen LogP contribution in [0.4, 0.5) is 5.69 Å². The molecule has 0 saturated carbocycles. The first-order valence-electron chi connectivity index (χ1n) is 5.19. The lowest BCUT2D eigenvalue weighted by molar-refractivity contribution is 0.415. The van der Waals surface area contributed by atoms with Crippen LogP contribution in [-0.4, -0.2) is 7.11 Å². The fourth-order valence-electron chi connectivity index (χ4n) is 1.51. The van der Waals surface area contributed by atoms with Gasteiger partial charge in [0.05, 0.1) is 7.11 Å². The Balaban J connectivity index is 2.08. The Morgan fingerprint density at radius 1 is 1.31 bits per heavy atom. The first-order chi connectivity index (χ1) is 7.79. The Labute approximate surface area is 99.9 Å². The molecule has 2 aromatic rings. The van der Waals surface area contributed by atoms with Crippen molar-refractivity contribution in [3.8, 4) is 5.75 Å². The minimum Gasteiger partial charge on any atom is -0.497 e. The Bertz CT molecular complexity index is 451. The summed E-state index contributed by atoms with van der Waals surface area (Å²) in [6.45, 7) is 2.95. The first-order valence-corrected chi connectivity index (χ1v) is 6.13. The number of aryl methyl sites for hydroxylation is 1. The van der Waals surface area contributed by atoms with Gasteiger partial charge in [-0.15, -0.1) is 0 Å². The predicted molar refractivity (Wildman–Crippen MR) is 69.4 cm³/mol. The summed E-state index contributed by atoms with van der Waals surface area (Å²) in [5, 5.41) is 7.66.